The molecule has 90 valence electrons. The summed E-state index contributed by atoms with van der Waals surface area (Å²) in [4.78, 5) is 11.4. The summed E-state index contributed by atoms with van der Waals surface area (Å²) in [6, 6.07) is 0.303. The second-order valence-corrected chi connectivity index (χ2v) is 3.69. The third-order valence-corrected chi connectivity index (χ3v) is 2.40. The molecule has 4 heteroatoms. The molecule has 0 aliphatic heterocycles. The molecule has 4 nitrogen and oxygen atoms in total. The Morgan fingerprint density at radius 2 is 1.93 bits per heavy atom. The lowest BCUT2D eigenvalue weighted by atomic mass is 10.2. The van der Waals surface area contributed by atoms with E-state index in [0.29, 0.717) is 12.6 Å². The molecule has 1 amide bonds. The van der Waals surface area contributed by atoms with Gasteiger partial charge in [0.25, 0.3) is 0 Å². The molecule has 0 fully saturated rings. The third kappa shape index (κ3) is 8.39. The molecule has 0 aromatic heterocycles. The Hall–Kier alpha value is -0.610. The fraction of sp³-hybridized carbons (Fsp3) is 0.909. The number of unbranched alkanes of at least 4 members (excludes halogenated alkanes) is 1. The van der Waals surface area contributed by atoms with Crippen LogP contribution in [0.5, 0.6) is 0 Å². The summed E-state index contributed by atoms with van der Waals surface area (Å²) in [6.45, 7) is 5.53. The van der Waals surface area contributed by atoms with Crippen molar-refractivity contribution in [3.63, 3.8) is 0 Å². The van der Waals surface area contributed by atoms with E-state index in [-0.39, 0.29) is 12.5 Å². The Labute approximate surface area is 92.4 Å². The van der Waals surface area contributed by atoms with Crippen LogP contribution in [0.1, 0.15) is 39.5 Å². The lowest BCUT2D eigenvalue weighted by Gasteiger charge is -2.14. The van der Waals surface area contributed by atoms with Crippen LogP contribution in [-0.4, -0.2) is 36.8 Å². The van der Waals surface area contributed by atoms with Gasteiger partial charge in [0.2, 0.25) is 5.91 Å². The number of rotatable bonds is 9. The number of aliphatic hydroxyl groups excluding tert-OH is 1. The highest BCUT2D eigenvalue weighted by Gasteiger charge is 2.06. The van der Waals surface area contributed by atoms with E-state index < -0.39 is 0 Å². The molecule has 0 heterocycles. The number of nitrogens with one attached hydrogen (secondary N) is 2. The Bertz CT molecular complexity index is 159. The van der Waals surface area contributed by atoms with Crippen molar-refractivity contribution in [3.05, 3.63) is 0 Å². The van der Waals surface area contributed by atoms with Crippen molar-refractivity contribution in [1.82, 2.24) is 10.6 Å². The molecule has 0 atom stereocenters. The summed E-state index contributed by atoms with van der Waals surface area (Å²) in [6.07, 6.45) is 3.66. The van der Waals surface area contributed by atoms with Gasteiger partial charge in [-0.25, -0.2) is 0 Å². The number of hydrogen-bond donors (Lipinski definition) is 3. The van der Waals surface area contributed by atoms with Crippen molar-refractivity contribution in [2.45, 2.75) is 45.6 Å². The van der Waals surface area contributed by atoms with Crippen molar-refractivity contribution in [1.29, 1.82) is 0 Å². The first-order valence-corrected chi connectivity index (χ1v) is 5.85. The standard InChI is InChI=1S/C11H24N2O2/c1-3-10(4-2)13-11(15)9-12-7-5-6-8-14/h10,12,14H,3-9H2,1-2H3,(H,13,15). The first kappa shape index (κ1) is 14.4. The smallest absolute Gasteiger partial charge is 0.234 e. The number of carbonyl (C=O) groups excluding carboxylic acids is 1. The van der Waals surface area contributed by atoms with E-state index in [1.165, 1.54) is 0 Å². The zero-order valence-corrected chi connectivity index (χ0v) is 9.88. The minimum Gasteiger partial charge on any atom is -0.396 e. The number of carbonyl (C=O) groups is 1. The summed E-state index contributed by atoms with van der Waals surface area (Å²) in [7, 11) is 0. The molecule has 0 radical (unpaired) electrons. The van der Waals surface area contributed by atoms with Gasteiger partial charge < -0.3 is 15.7 Å². The van der Waals surface area contributed by atoms with Crippen molar-refractivity contribution < 1.29 is 9.90 Å². The summed E-state index contributed by atoms with van der Waals surface area (Å²) >= 11 is 0. The van der Waals surface area contributed by atoms with Crippen LogP contribution in [0, 0.1) is 0 Å². The van der Waals surface area contributed by atoms with E-state index >= 15 is 0 Å². The fourth-order valence-corrected chi connectivity index (χ4v) is 1.34. The summed E-state index contributed by atoms with van der Waals surface area (Å²) < 4.78 is 0. The highest BCUT2D eigenvalue weighted by atomic mass is 16.2. The van der Waals surface area contributed by atoms with Crippen LogP contribution in [0.4, 0.5) is 0 Å². The van der Waals surface area contributed by atoms with Crippen molar-refractivity contribution >= 4 is 5.91 Å². The average molecular weight is 216 g/mol. The first-order valence-electron chi connectivity index (χ1n) is 5.85. The molecular weight excluding hydrogens is 192 g/mol. The van der Waals surface area contributed by atoms with Crippen molar-refractivity contribution in [2.75, 3.05) is 19.7 Å². The zero-order valence-electron chi connectivity index (χ0n) is 9.88. The van der Waals surface area contributed by atoms with Crippen LogP contribution in [0.15, 0.2) is 0 Å². The Morgan fingerprint density at radius 3 is 2.47 bits per heavy atom. The van der Waals surface area contributed by atoms with E-state index in [1.807, 2.05) is 0 Å². The van der Waals surface area contributed by atoms with Crippen LogP contribution < -0.4 is 10.6 Å². The summed E-state index contributed by atoms with van der Waals surface area (Å²) in [5, 5.41) is 14.6. The maximum absolute atomic E-state index is 11.4. The van der Waals surface area contributed by atoms with Gasteiger partial charge in [0.15, 0.2) is 0 Å². The predicted molar refractivity (Wildman–Crippen MR) is 61.7 cm³/mol. The highest BCUT2D eigenvalue weighted by molar-refractivity contribution is 5.78. The van der Waals surface area contributed by atoms with Gasteiger partial charge in [-0.15, -0.1) is 0 Å². The van der Waals surface area contributed by atoms with Gasteiger partial charge >= 0.3 is 0 Å². The van der Waals surface area contributed by atoms with E-state index in [2.05, 4.69) is 24.5 Å². The van der Waals surface area contributed by atoms with Crippen LogP contribution in [0.25, 0.3) is 0 Å². The second-order valence-electron chi connectivity index (χ2n) is 3.69. The number of aliphatic hydroxyl groups is 1. The molecule has 0 spiro atoms. The van der Waals surface area contributed by atoms with Gasteiger partial charge in [0.1, 0.15) is 0 Å². The Balaban J connectivity index is 3.40. The fourth-order valence-electron chi connectivity index (χ4n) is 1.34. The van der Waals surface area contributed by atoms with E-state index in [9.17, 15) is 4.79 Å². The maximum Gasteiger partial charge on any atom is 0.234 e. The molecule has 0 aromatic carbocycles. The Morgan fingerprint density at radius 1 is 1.27 bits per heavy atom. The zero-order chi connectivity index (χ0) is 11.5. The lowest BCUT2D eigenvalue weighted by molar-refractivity contribution is -0.121. The summed E-state index contributed by atoms with van der Waals surface area (Å²) in [5.41, 5.74) is 0. The van der Waals surface area contributed by atoms with Gasteiger partial charge in [-0.3, -0.25) is 4.79 Å². The van der Waals surface area contributed by atoms with Crippen LogP contribution in [-0.2, 0) is 4.79 Å². The molecule has 0 saturated heterocycles. The SMILES string of the molecule is CCC(CC)NC(=O)CNCCCCO. The summed E-state index contributed by atoms with van der Waals surface area (Å²) in [5.74, 6) is 0.0627. The monoisotopic (exact) mass is 216 g/mol. The molecule has 0 saturated carbocycles. The molecular formula is C11H24N2O2. The van der Waals surface area contributed by atoms with E-state index in [0.717, 1.165) is 32.2 Å². The van der Waals surface area contributed by atoms with Gasteiger partial charge in [-0.2, -0.15) is 0 Å². The number of hydrogen-bond acceptors (Lipinski definition) is 3. The Kier molecular flexibility index (Phi) is 9.52. The quantitative estimate of drug-likeness (QED) is 0.496. The second kappa shape index (κ2) is 9.93. The van der Waals surface area contributed by atoms with E-state index in [4.69, 9.17) is 5.11 Å². The van der Waals surface area contributed by atoms with Gasteiger partial charge in [-0.05, 0) is 32.2 Å². The van der Waals surface area contributed by atoms with Gasteiger partial charge in [0.05, 0.1) is 6.54 Å². The van der Waals surface area contributed by atoms with Crippen molar-refractivity contribution in [2.24, 2.45) is 0 Å². The molecule has 0 aliphatic carbocycles. The van der Waals surface area contributed by atoms with Crippen LogP contribution >= 0.6 is 0 Å². The van der Waals surface area contributed by atoms with Gasteiger partial charge in [-0.1, -0.05) is 13.8 Å². The average Bonchev–Trinajstić information content (AvgIpc) is 2.25. The third-order valence-electron chi connectivity index (χ3n) is 2.40. The topological polar surface area (TPSA) is 61.4 Å². The molecule has 0 aromatic rings. The van der Waals surface area contributed by atoms with Gasteiger partial charge in [0, 0.05) is 12.6 Å². The molecule has 3 N–H and O–H groups in total. The minimum absolute atomic E-state index is 0.0627. The maximum atomic E-state index is 11.4. The van der Waals surface area contributed by atoms with E-state index in [1.54, 1.807) is 0 Å². The molecule has 0 unspecified atom stereocenters. The molecule has 15 heavy (non-hydrogen) atoms. The molecule has 0 rings (SSSR count). The van der Waals surface area contributed by atoms with Crippen molar-refractivity contribution in [3.8, 4) is 0 Å². The highest BCUT2D eigenvalue weighted by Crippen LogP contribution is 1.94. The largest absolute Gasteiger partial charge is 0.396 e. The normalized spacial score (nSPS) is 10.7. The van der Waals surface area contributed by atoms with Crippen LogP contribution in [0.2, 0.25) is 0 Å². The van der Waals surface area contributed by atoms with Crippen LogP contribution in [0.3, 0.4) is 0 Å². The molecule has 0 bridgehead atoms. The first-order chi connectivity index (χ1) is 7.24. The molecule has 0 aliphatic rings. The minimum atomic E-state index is 0.0627. The lowest BCUT2D eigenvalue weighted by Crippen LogP contribution is -2.40. The number of amides is 1. The predicted octanol–water partition coefficient (Wildman–Crippen LogP) is 0.653.